The van der Waals surface area contributed by atoms with Crippen LogP contribution < -0.4 is 15.3 Å². The molecule has 2 aromatic heterocycles. The number of benzene rings is 1. The van der Waals surface area contributed by atoms with Gasteiger partial charge in [0.05, 0.1) is 6.54 Å². The lowest BCUT2D eigenvalue weighted by molar-refractivity contribution is -0.134. The summed E-state index contributed by atoms with van der Waals surface area (Å²) < 4.78 is 68.9. The van der Waals surface area contributed by atoms with Crippen molar-refractivity contribution in [3.8, 4) is 5.75 Å². The van der Waals surface area contributed by atoms with Crippen LogP contribution in [0.2, 0.25) is 0 Å². The fourth-order valence-electron chi connectivity index (χ4n) is 3.49. The van der Waals surface area contributed by atoms with E-state index in [0.29, 0.717) is 41.5 Å². The molecular formula is C20H17F5N4O2S. The molecule has 12 heteroatoms. The van der Waals surface area contributed by atoms with Crippen LogP contribution in [-0.2, 0) is 25.7 Å². The maximum absolute atomic E-state index is 12.8. The van der Waals surface area contributed by atoms with Gasteiger partial charge in [-0.2, -0.15) is 31.9 Å². The van der Waals surface area contributed by atoms with Crippen molar-refractivity contribution in [1.82, 2.24) is 14.5 Å². The van der Waals surface area contributed by atoms with Gasteiger partial charge in [-0.05, 0) is 48.7 Å². The van der Waals surface area contributed by atoms with Crippen molar-refractivity contribution < 1.29 is 26.7 Å². The molecule has 0 N–H and O–H groups in total. The predicted molar refractivity (Wildman–Crippen MR) is 107 cm³/mol. The molecule has 0 saturated heterocycles. The first-order valence-electron chi connectivity index (χ1n) is 9.53. The molecule has 0 amide bonds. The van der Waals surface area contributed by atoms with E-state index in [2.05, 4.69) is 14.7 Å². The molecular weight excluding hydrogens is 455 g/mol. The van der Waals surface area contributed by atoms with Crippen LogP contribution in [0, 0.1) is 6.92 Å². The van der Waals surface area contributed by atoms with Gasteiger partial charge in [-0.25, -0.2) is 4.79 Å². The number of nitrogens with zero attached hydrogens (tertiary/aromatic N) is 4. The summed E-state index contributed by atoms with van der Waals surface area (Å²) in [5.41, 5.74) is 1.13. The molecule has 0 radical (unpaired) electrons. The molecule has 0 saturated carbocycles. The lowest BCUT2D eigenvalue weighted by atomic mass is 10.00. The van der Waals surface area contributed by atoms with Crippen molar-refractivity contribution in [2.75, 3.05) is 11.4 Å². The Morgan fingerprint density at radius 1 is 1.16 bits per heavy atom. The molecule has 1 aliphatic rings. The smallest absolute Gasteiger partial charge is 0.425 e. The second-order valence-corrected chi connectivity index (χ2v) is 8.35. The van der Waals surface area contributed by atoms with Gasteiger partial charge in [0, 0.05) is 18.0 Å². The van der Waals surface area contributed by atoms with Crippen molar-refractivity contribution >= 4 is 17.3 Å². The minimum absolute atomic E-state index is 0.0541. The summed E-state index contributed by atoms with van der Waals surface area (Å²) in [6.07, 6.45) is -3.91. The number of hydrogen-bond acceptors (Lipinski definition) is 6. The number of aromatic nitrogens is 3. The van der Waals surface area contributed by atoms with Gasteiger partial charge in [0.25, 0.3) is 0 Å². The van der Waals surface area contributed by atoms with E-state index in [0.717, 1.165) is 17.2 Å². The van der Waals surface area contributed by atoms with Gasteiger partial charge in [-0.3, -0.25) is 4.57 Å². The van der Waals surface area contributed by atoms with Crippen LogP contribution in [0.15, 0.2) is 35.1 Å². The van der Waals surface area contributed by atoms with E-state index in [9.17, 15) is 26.7 Å². The molecule has 0 spiro atoms. The summed E-state index contributed by atoms with van der Waals surface area (Å²) in [7, 11) is 0. The fraction of sp³-hybridized carbons (Fsp3) is 0.350. The van der Waals surface area contributed by atoms with Crippen molar-refractivity contribution in [2.24, 2.45) is 0 Å². The second-order valence-electron chi connectivity index (χ2n) is 7.18. The van der Waals surface area contributed by atoms with Crippen LogP contribution in [0.1, 0.15) is 26.7 Å². The zero-order valence-electron chi connectivity index (χ0n) is 16.7. The summed E-state index contributed by atoms with van der Waals surface area (Å²) in [5.74, 6) is 0.627. The first-order valence-corrected chi connectivity index (χ1v) is 10.3. The normalized spacial score (nSPS) is 14.0. The maximum atomic E-state index is 12.8. The van der Waals surface area contributed by atoms with Gasteiger partial charge in [0.1, 0.15) is 16.5 Å². The summed E-state index contributed by atoms with van der Waals surface area (Å²) in [5, 5.41) is 0. The summed E-state index contributed by atoms with van der Waals surface area (Å²) in [6, 6.07) is 7.02. The molecule has 0 aliphatic carbocycles. The Morgan fingerprint density at radius 3 is 2.59 bits per heavy atom. The quantitative estimate of drug-likeness (QED) is 0.520. The van der Waals surface area contributed by atoms with E-state index >= 15 is 0 Å². The Hall–Kier alpha value is -3.02. The topological polar surface area (TPSA) is 60.2 Å². The highest BCUT2D eigenvalue weighted by atomic mass is 32.1. The molecule has 32 heavy (non-hydrogen) atoms. The molecule has 1 aromatic carbocycles. The number of aryl methyl sites for hydroxylation is 1. The Bertz CT molecular complexity index is 1190. The molecule has 0 bridgehead atoms. The molecule has 6 nitrogen and oxygen atoms in total. The molecule has 170 valence electrons. The number of rotatable bonds is 5. The average molecular weight is 472 g/mol. The number of hydrogen-bond donors (Lipinski definition) is 0. The van der Waals surface area contributed by atoms with Gasteiger partial charge >= 0.3 is 18.5 Å². The van der Waals surface area contributed by atoms with Gasteiger partial charge in [-0.15, -0.1) is 11.3 Å². The zero-order valence-corrected chi connectivity index (χ0v) is 17.5. The highest BCUT2D eigenvalue weighted by molar-refractivity contribution is 7.12. The number of thiophene rings is 1. The van der Waals surface area contributed by atoms with E-state index in [1.807, 2.05) is 0 Å². The van der Waals surface area contributed by atoms with Gasteiger partial charge < -0.3 is 9.64 Å². The Morgan fingerprint density at radius 2 is 1.94 bits per heavy atom. The Kier molecular flexibility index (Phi) is 5.89. The van der Waals surface area contributed by atoms with E-state index in [1.165, 1.54) is 16.7 Å². The van der Waals surface area contributed by atoms with Gasteiger partial charge in [0.15, 0.2) is 0 Å². The van der Waals surface area contributed by atoms with Crippen LogP contribution in [0.3, 0.4) is 0 Å². The number of alkyl halides is 5. The highest BCUT2D eigenvalue weighted by Crippen LogP contribution is 2.34. The summed E-state index contributed by atoms with van der Waals surface area (Å²) >= 11 is 0.573. The summed E-state index contributed by atoms with van der Waals surface area (Å²) in [6.45, 7) is -0.510. The molecule has 1 aliphatic heterocycles. The first-order chi connectivity index (χ1) is 15.1. The van der Waals surface area contributed by atoms with Crippen LogP contribution in [-0.4, -0.2) is 27.7 Å². The van der Waals surface area contributed by atoms with Crippen LogP contribution in [0.5, 0.6) is 5.75 Å². The third kappa shape index (κ3) is 4.74. The molecule has 3 aromatic rings. The third-order valence-corrected chi connectivity index (χ3v) is 6.15. The standard InChI is InChI=1S/C20H17F5N4O2S/c1-11-26-18(27-19(30)29(11)10-15-4-5-16(32-15)20(23,24)25)28-7-6-12-8-14(31-17(21)22)3-2-13(12)9-28/h2-5,8,17H,6-7,9-10H2,1H3. The fourth-order valence-corrected chi connectivity index (χ4v) is 4.35. The van der Waals surface area contributed by atoms with E-state index < -0.39 is 23.4 Å². The van der Waals surface area contributed by atoms with Gasteiger partial charge in [-0.1, -0.05) is 6.07 Å². The number of ether oxygens (including phenoxy) is 1. The lowest BCUT2D eigenvalue weighted by Gasteiger charge is -2.29. The number of anilines is 1. The third-order valence-electron chi connectivity index (χ3n) is 5.03. The first kappa shape index (κ1) is 22.2. The molecule has 0 fully saturated rings. The van der Waals surface area contributed by atoms with Crippen molar-refractivity contribution in [1.29, 1.82) is 0 Å². The Labute approximate surface area is 182 Å². The highest BCUT2D eigenvalue weighted by Gasteiger charge is 2.32. The predicted octanol–water partition coefficient (Wildman–Crippen LogP) is 4.24. The van der Waals surface area contributed by atoms with E-state index in [-0.39, 0.29) is 18.2 Å². The summed E-state index contributed by atoms with van der Waals surface area (Å²) in [4.78, 5) is 22.4. The number of fused-ring (bicyclic) bond motifs is 1. The minimum atomic E-state index is -4.43. The van der Waals surface area contributed by atoms with Crippen molar-refractivity contribution in [2.45, 2.75) is 39.2 Å². The van der Waals surface area contributed by atoms with E-state index in [4.69, 9.17) is 0 Å². The van der Waals surface area contributed by atoms with Crippen molar-refractivity contribution in [3.05, 3.63) is 67.5 Å². The largest absolute Gasteiger partial charge is 0.435 e. The minimum Gasteiger partial charge on any atom is -0.435 e. The molecule has 4 rings (SSSR count). The number of halogens is 5. The maximum Gasteiger partial charge on any atom is 0.425 e. The Balaban J connectivity index is 1.52. The molecule has 0 atom stereocenters. The monoisotopic (exact) mass is 472 g/mol. The van der Waals surface area contributed by atoms with Crippen molar-refractivity contribution in [3.63, 3.8) is 0 Å². The average Bonchev–Trinajstić information content (AvgIpc) is 3.19. The van der Waals surface area contributed by atoms with Crippen LogP contribution in [0.25, 0.3) is 0 Å². The lowest BCUT2D eigenvalue weighted by Crippen LogP contribution is -2.36. The molecule has 3 heterocycles. The molecule has 0 unspecified atom stereocenters. The van der Waals surface area contributed by atoms with Crippen LogP contribution >= 0.6 is 11.3 Å². The second kappa shape index (κ2) is 8.49. The van der Waals surface area contributed by atoms with Crippen LogP contribution in [0.4, 0.5) is 27.9 Å². The SMILES string of the molecule is Cc1nc(N2CCc3cc(OC(F)F)ccc3C2)nc(=O)n1Cc1ccc(C(F)(F)F)s1. The van der Waals surface area contributed by atoms with E-state index in [1.54, 1.807) is 24.0 Å². The van der Waals surface area contributed by atoms with Gasteiger partial charge in [0.2, 0.25) is 5.95 Å². The zero-order chi connectivity index (χ0) is 23.0.